The smallest absolute Gasteiger partial charge is 0.415 e. The number of ether oxygens (including phenoxy) is 3. The number of carbonyl (C=O) groups excluding carboxylic acids is 1. The summed E-state index contributed by atoms with van der Waals surface area (Å²) in [4.78, 5) is 14.0. The van der Waals surface area contributed by atoms with Gasteiger partial charge >= 0.3 is 6.09 Å². The van der Waals surface area contributed by atoms with Gasteiger partial charge in [-0.15, -0.1) is 10.2 Å². The van der Waals surface area contributed by atoms with E-state index in [4.69, 9.17) is 25.8 Å². The Morgan fingerprint density at radius 1 is 1.11 bits per heavy atom. The van der Waals surface area contributed by atoms with E-state index in [2.05, 4.69) is 16.3 Å². The SMILES string of the molecule is Cc1cc2c(cc1Oc1nnc(Cl)cc1OC(=O)N1CCOCC1)CCC2. The van der Waals surface area contributed by atoms with Crippen molar-refractivity contribution >= 4 is 17.7 Å². The van der Waals surface area contributed by atoms with E-state index in [9.17, 15) is 4.79 Å². The highest BCUT2D eigenvalue weighted by molar-refractivity contribution is 6.29. The average Bonchev–Trinajstić information content (AvgIpc) is 3.12. The number of nitrogens with zero attached hydrogens (tertiary/aromatic N) is 3. The minimum Gasteiger partial charge on any atom is -0.435 e. The molecule has 8 heteroatoms. The highest BCUT2D eigenvalue weighted by Crippen LogP contribution is 2.35. The normalized spacial score (nSPS) is 16.1. The lowest BCUT2D eigenvalue weighted by molar-refractivity contribution is 0.0413. The highest BCUT2D eigenvalue weighted by Gasteiger charge is 2.22. The molecule has 1 aromatic heterocycles. The Balaban J connectivity index is 1.57. The number of hydrogen-bond donors (Lipinski definition) is 0. The molecule has 0 bridgehead atoms. The maximum absolute atomic E-state index is 12.4. The number of aryl methyl sites for hydroxylation is 3. The number of amides is 1. The van der Waals surface area contributed by atoms with Gasteiger partial charge < -0.3 is 19.1 Å². The van der Waals surface area contributed by atoms with Crippen LogP contribution in [-0.2, 0) is 17.6 Å². The van der Waals surface area contributed by atoms with Crippen molar-refractivity contribution in [1.29, 1.82) is 0 Å². The van der Waals surface area contributed by atoms with E-state index in [1.807, 2.05) is 13.0 Å². The van der Waals surface area contributed by atoms with E-state index in [0.29, 0.717) is 32.1 Å². The summed E-state index contributed by atoms with van der Waals surface area (Å²) < 4.78 is 16.7. The molecule has 1 aliphatic heterocycles. The summed E-state index contributed by atoms with van der Waals surface area (Å²) in [7, 11) is 0. The first-order valence-corrected chi connectivity index (χ1v) is 9.36. The fourth-order valence-corrected chi connectivity index (χ4v) is 3.47. The number of aromatic nitrogens is 2. The largest absolute Gasteiger partial charge is 0.435 e. The molecule has 1 aliphatic carbocycles. The molecule has 4 rings (SSSR count). The Labute approximate surface area is 162 Å². The van der Waals surface area contributed by atoms with Crippen molar-refractivity contribution in [3.63, 3.8) is 0 Å². The van der Waals surface area contributed by atoms with Crippen LogP contribution in [0.2, 0.25) is 5.15 Å². The Morgan fingerprint density at radius 3 is 2.63 bits per heavy atom. The number of benzene rings is 1. The highest BCUT2D eigenvalue weighted by atomic mass is 35.5. The van der Waals surface area contributed by atoms with Gasteiger partial charge in [0.15, 0.2) is 10.9 Å². The van der Waals surface area contributed by atoms with E-state index < -0.39 is 6.09 Å². The zero-order chi connectivity index (χ0) is 18.8. The summed E-state index contributed by atoms with van der Waals surface area (Å²) >= 11 is 5.94. The predicted octanol–water partition coefficient (Wildman–Crippen LogP) is 3.55. The van der Waals surface area contributed by atoms with Crippen molar-refractivity contribution in [2.45, 2.75) is 26.2 Å². The lowest BCUT2D eigenvalue weighted by Crippen LogP contribution is -2.42. The van der Waals surface area contributed by atoms with Crippen LogP contribution in [0.25, 0.3) is 0 Å². The molecule has 0 atom stereocenters. The summed E-state index contributed by atoms with van der Waals surface area (Å²) in [6.45, 7) is 3.91. The van der Waals surface area contributed by atoms with Crippen molar-refractivity contribution in [2.24, 2.45) is 0 Å². The van der Waals surface area contributed by atoms with Crippen LogP contribution >= 0.6 is 11.6 Å². The second-order valence-corrected chi connectivity index (χ2v) is 7.03. The van der Waals surface area contributed by atoms with Crippen molar-refractivity contribution in [1.82, 2.24) is 15.1 Å². The number of carbonyl (C=O) groups is 1. The topological polar surface area (TPSA) is 73.8 Å². The molecule has 1 aromatic carbocycles. The van der Waals surface area contributed by atoms with Crippen molar-refractivity contribution in [3.05, 3.63) is 40.0 Å². The zero-order valence-electron chi connectivity index (χ0n) is 15.0. The molecule has 2 aromatic rings. The molecule has 1 amide bonds. The molecule has 2 heterocycles. The van der Waals surface area contributed by atoms with Crippen LogP contribution in [0.5, 0.6) is 17.4 Å². The van der Waals surface area contributed by atoms with Gasteiger partial charge in [0.25, 0.3) is 5.88 Å². The first-order chi connectivity index (χ1) is 13.1. The Kier molecular flexibility index (Phi) is 5.13. The van der Waals surface area contributed by atoms with Gasteiger partial charge in [0.1, 0.15) is 5.75 Å². The van der Waals surface area contributed by atoms with Crippen LogP contribution in [0.1, 0.15) is 23.1 Å². The summed E-state index contributed by atoms with van der Waals surface area (Å²) in [5, 5.41) is 7.93. The van der Waals surface area contributed by atoms with Gasteiger partial charge in [-0.3, -0.25) is 0 Å². The van der Waals surface area contributed by atoms with E-state index >= 15 is 0 Å². The maximum Gasteiger partial charge on any atom is 0.415 e. The Hall–Kier alpha value is -2.38. The molecule has 142 valence electrons. The second-order valence-electron chi connectivity index (χ2n) is 6.65. The van der Waals surface area contributed by atoms with Gasteiger partial charge in [-0.25, -0.2) is 4.79 Å². The minimum atomic E-state index is -0.488. The molecule has 0 unspecified atom stereocenters. The van der Waals surface area contributed by atoms with E-state index in [-0.39, 0.29) is 16.8 Å². The third kappa shape index (κ3) is 3.99. The third-order valence-electron chi connectivity index (χ3n) is 4.76. The summed E-state index contributed by atoms with van der Waals surface area (Å²) in [5.41, 5.74) is 3.64. The number of halogens is 1. The molecule has 0 saturated carbocycles. The summed E-state index contributed by atoms with van der Waals surface area (Å²) in [6, 6.07) is 5.60. The molecule has 7 nitrogen and oxygen atoms in total. The quantitative estimate of drug-likeness (QED) is 0.799. The number of hydrogen-bond acceptors (Lipinski definition) is 6. The number of fused-ring (bicyclic) bond motifs is 1. The van der Waals surface area contributed by atoms with Gasteiger partial charge in [-0.1, -0.05) is 17.7 Å². The zero-order valence-corrected chi connectivity index (χ0v) is 15.8. The maximum atomic E-state index is 12.4. The molecule has 1 saturated heterocycles. The van der Waals surface area contributed by atoms with Crippen molar-refractivity contribution in [2.75, 3.05) is 26.3 Å². The van der Waals surface area contributed by atoms with Crippen LogP contribution in [0.3, 0.4) is 0 Å². The third-order valence-corrected chi connectivity index (χ3v) is 4.94. The lowest BCUT2D eigenvalue weighted by Gasteiger charge is -2.26. The van der Waals surface area contributed by atoms with E-state index in [0.717, 1.165) is 24.8 Å². The monoisotopic (exact) mass is 389 g/mol. The number of morpholine rings is 1. The van der Waals surface area contributed by atoms with E-state index in [1.165, 1.54) is 17.2 Å². The molecule has 0 spiro atoms. The first-order valence-electron chi connectivity index (χ1n) is 8.98. The molecule has 0 radical (unpaired) electrons. The number of rotatable bonds is 3. The molecule has 2 aliphatic rings. The van der Waals surface area contributed by atoms with Gasteiger partial charge in [-0.2, -0.15) is 0 Å². The molecule has 27 heavy (non-hydrogen) atoms. The molecular formula is C19H20ClN3O4. The van der Waals surface area contributed by atoms with Crippen LogP contribution in [0.4, 0.5) is 4.79 Å². The fraction of sp³-hybridized carbons (Fsp3) is 0.421. The van der Waals surface area contributed by atoms with Crippen LogP contribution in [0, 0.1) is 6.92 Å². The lowest BCUT2D eigenvalue weighted by atomic mass is 10.1. The van der Waals surface area contributed by atoms with E-state index in [1.54, 1.807) is 4.90 Å². The molecular weight excluding hydrogens is 370 g/mol. The molecule has 0 N–H and O–H groups in total. The summed E-state index contributed by atoms with van der Waals surface area (Å²) in [6.07, 6.45) is 2.80. The Morgan fingerprint density at radius 2 is 1.85 bits per heavy atom. The Bertz CT molecular complexity index is 868. The van der Waals surface area contributed by atoms with Crippen LogP contribution in [-0.4, -0.2) is 47.5 Å². The van der Waals surface area contributed by atoms with Crippen molar-refractivity contribution < 1.29 is 19.0 Å². The van der Waals surface area contributed by atoms with Crippen molar-refractivity contribution in [3.8, 4) is 17.4 Å². The minimum absolute atomic E-state index is 0.113. The first kappa shape index (κ1) is 18.0. The summed E-state index contributed by atoms with van der Waals surface area (Å²) in [5.74, 6) is 0.935. The second kappa shape index (κ2) is 7.70. The fourth-order valence-electron chi connectivity index (χ4n) is 3.33. The van der Waals surface area contributed by atoms with Crippen LogP contribution in [0.15, 0.2) is 18.2 Å². The van der Waals surface area contributed by atoms with Gasteiger partial charge in [-0.05, 0) is 48.9 Å². The predicted molar refractivity (Wildman–Crippen MR) is 98.7 cm³/mol. The van der Waals surface area contributed by atoms with Gasteiger partial charge in [0, 0.05) is 19.2 Å². The average molecular weight is 390 g/mol. The van der Waals surface area contributed by atoms with Gasteiger partial charge in [0.2, 0.25) is 0 Å². The molecule has 1 fully saturated rings. The van der Waals surface area contributed by atoms with Crippen LogP contribution < -0.4 is 9.47 Å². The standard InChI is InChI=1S/C19H20ClN3O4/c1-12-9-13-3-2-4-14(13)10-15(12)26-18-16(11-17(20)21-22-18)27-19(24)23-5-7-25-8-6-23/h9-11H,2-8H2,1H3. The van der Waals surface area contributed by atoms with Gasteiger partial charge in [0.05, 0.1) is 13.2 Å².